The highest BCUT2D eigenvalue weighted by molar-refractivity contribution is 8.26. The molecule has 1 atom stereocenters. The summed E-state index contributed by atoms with van der Waals surface area (Å²) in [5.41, 5.74) is 2.06. The quantitative estimate of drug-likeness (QED) is 0.334. The molecule has 24 heavy (non-hydrogen) atoms. The predicted molar refractivity (Wildman–Crippen MR) is 98.5 cm³/mol. The summed E-state index contributed by atoms with van der Waals surface area (Å²) in [6.45, 7) is 4.06. The maximum absolute atomic E-state index is 12.6. The normalized spacial score (nSPS) is 17.5. The van der Waals surface area contributed by atoms with Crippen molar-refractivity contribution in [1.82, 2.24) is 4.90 Å². The Bertz CT molecular complexity index is 670. The number of amides is 1. The maximum Gasteiger partial charge on any atom is 0.329 e. The first-order valence-electron chi connectivity index (χ1n) is 7.43. The number of hydrogen-bond acceptors (Lipinski definition) is 6. The van der Waals surface area contributed by atoms with Crippen molar-refractivity contribution in [2.45, 2.75) is 19.9 Å². The van der Waals surface area contributed by atoms with E-state index < -0.39 is 12.0 Å². The van der Waals surface area contributed by atoms with E-state index in [4.69, 9.17) is 21.7 Å². The van der Waals surface area contributed by atoms with E-state index in [0.29, 0.717) is 15.8 Å². The number of aryl methyl sites for hydroxylation is 1. The van der Waals surface area contributed by atoms with Crippen LogP contribution in [0.1, 0.15) is 18.1 Å². The average Bonchev–Trinajstić information content (AvgIpc) is 2.83. The van der Waals surface area contributed by atoms with E-state index >= 15 is 0 Å². The van der Waals surface area contributed by atoms with Crippen molar-refractivity contribution in [1.29, 1.82) is 0 Å². The lowest BCUT2D eigenvalue weighted by molar-refractivity contribution is -0.151. The fourth-order valence-electron chi connectivity index (χ4n) is 2.08. The van der Waals surface area contributed by atoms with Crippen LogP contribution in [0.5, 0.6) is 0 Å². The van der Waals surface area contributed by atoms with Crippen LogP contribution in [0.2, 0.25) is 0 Å². The van der Waals surface area contributed by atoms with Gasteiger partial charge in [0.1, 0.15) is 17.0 Å². The van der Waals surface area contributed by atoms with E-state index in [-0.39, 0.29) is 12.5 Å². The molecule has 1 heterocycles. The second-order valence-electron chi connectivity index (χ2n) is 5.30. The Hall–Kier alpha value is -1.70. The van der Waals surface area contributed by atoms with Crippen LogP contribution in [0.4, 0.5) is 0 Å². The number of ether oxygens (including phenoxy) is 2. The van der Waals surface area contributed by atoms with Gasteiger partial charge in [-0.15, -0.1) is 0 Å². The zero-order valence-corrected chi connectivity index (χ0v) is 15.4. The zero-order valence-electron chi connectivity index (χ0n) is 13.8. The van der Waals surface area contributed by atoms with Crippen molar-refractivity contribution in [3.05, 3.63) is 40.3 Å². The molecule has 1 aliphatic rings. The molecule has 1 unspecified atom stereocenters. The van der Waals surface area contributed by atoms with Crippen molar-refractivity contribution in [2.24, 2.45) is 0 Å². The number of methoxy groups -OCH3 is 1. The second kappa shape index (κ2) is 8.41. The van der Waals surface area contributed by atoms with Crippen molar-refractivity contribution in [2.75, 3.05) is 20.3 Å². The van der Waals surface area contributed by atoms with Gasteiger partial charge in [-0.2, -0.15) is 0 Å². The monoisotopic (exact) mass is 365 g/mol. The fraction of sp³-hybridized carbons (Fsp3) is 0.353. The molecule has 1 aromatic carbocycles. The number of hydrogen-bond donors (Lipinski definition) is 0. The SMILES string of the molecule is COCCOC(=O)C(C)N1C(=O)/C(=C/c2ccc(C)cc2)SC1=S. The largest absolute Gasteiger partial charge is 0.462 e. The third kappa shape index (κ3) is 4.43. The first-order chi connectivity index (χ1) is 11.4. The molecule has 0 bridgehead atoms. The highest BCUT2D eigenvalue weighted by atomic mass is 32.2. The zero-order chi connectivity index (χ0) is 17.7. The molecule has 0 saturated carbocycles. The molecule has 5 nitrogen and oxygen atoms in total. The Morgan fingerprint density at radius 3 is 2.62 bits per heavy atom. The summed E-state index contributed by atoms with van der Waals surface area (Å²) in [6, 6.07) is 7.05. The average molecular weight is 365 g/mol. The molecule has 1 amide bonds. The molecule has 2 rings (SSSR count). The van der Waals surface area contributed by atoms with Gasteiger partial charge in [-0.25, -0.2) is 4.79 Å². The minimum absolute atomic E-state index is 0.146. The lowest BCUT2D eigenvalue weighted by Gasteiger charge is -2.21. The van der Waals surface area contributed by atoms with Gasteiger partial charge < -0.3 is 9.47 Å². The fourth-order valence-corrected chi connectivity index (χ4v) is 3.50. The van der Waals surface area contributed by atoms with E-state index in [1.54, 1.807) is 13.0 Å². The Morgan fingerprint density at radius 1 is 1.33 bits per heavy atom. The van der Waals surface area contributed by atoms with Crippen molar-refractivity contribution < 1.29 is 19.1 Å². The van der Waals surface area contributed by atoms with Crippen molar-refractivity contribution >= 4 is 46.3 Å². The summed E-state index contributed by atoms with van der Waals surface area (Å²) in [7, 11) is 1.52. The minimum atomic E-state index is -0.765. The Balaban J connectivity index is 2.10. The number of esters is 1. The Labute approximate surface area is 151 Å². The summed E-state index contributed by atoms with van der Waals surface area (Å²) < 4.78 is 10.3. The molecule has 0 spiro atoms. The van der Waals surface area contributed by atoms with Gasteiger partial charge in [0, 0.05) is 7.11 Å². The van der Waals surface area contributed by atoms with E-state index in [1.165, 1.54) is 23.8 Å². The van der Waals surface area contributed by atoms with Gasteiger partial charge in [0.25, 0.3) is 5.91 Å². The summed E-state index contributed by atoms with van der Waals surface area (Å²) in [5.74, 6) is -0.776. The van der Waals surface area contributed by atoms with Gasteiger partial charge in [0.15, 0.2) is 0 Å². The molecule has 0 aliphatic carbocycles. The van der Waals surface area contributed by atoms with Gasteiger partial charge in [0.2, 0.25) is 0 Å². The number of thioether (sulfide) groups is 1. The van der Waals surface area contributed by atoms with Gasteiger partial charge in [0.05, 0.1) is 11.5 Å². The van der Waals surface area contributed by atoms with Gasteiger partial charge in [-0.3, -0.25) is 9.69 Å². The molecule has 0 aromatic heterocycles. The Morgan fingerprint density at radius 2 is 2.00 bits per heavy atom. The smallest absolute Gasteiger partial charge is 0.329 e. The summed E-state index contributed by atoms with van der Waals surface area (Å²) in [4.78, 5) is 26.4. The molecule has 128 valence electrons. The van der Waals surface area contributed by atoms with Crippen LogP contribution in [-0.4, -0.2) is 47.5 Å². The van der Waals surface area contributed by atoms with E-state index in [0.717, 1.165) is 11.1 Å². The first-order valence-corrected chi connectivity index (χ1v) is 8.66. The number of benzene rings is 1. The molecular weight excluding hydrogens is 346 g/mol. The number of nitrogens with zero attached hydrogens (tertiary/aromatic N) is 1. The third-order valence-electron chi connectivity index (χ3n) is 3.46. The number of carbonyl (C=O) groups excluding carboxylic acids is 2. The van der Waals surface area contributed by atoms with Crippen LogP contribution in [0, 0.1) is 6.92 Å². The molecule has 1 saturated heterocycles. The lowest BCUT2D eigenvalue weighted by Crippen LogP contribution is -2.42. The highest BCUT2D eigenvalue weighted by Crippen LogP contribution is 2.34. The molecule has 1 aromatic rings. The predicted octanol–water partition coefficient (Wildman–Crippen LogP) is 2.77. The molecular formula is C17H19NO4S2. The van der Waals surface area contributed by atoms with Crippen LogP contribution >= 0.6 is 24.0 Å². The van der Waals surface area contributed by atoms with E-state index in [1.807, 2.05) is 31.2 Å². The van der Waals surface area contributed by atoms with Crippen LogP contribution in [0.3, 0.4) is 0 Å². The van der Waals surface area contributed by atoms with Gasteiger partial charge in [-0.1, -0.05) is 53.8 Å². The lowest BCUT2D eigenvalue weighted by atomic mass is 10.1. The van der Waals surface area contributed by atoms with Gasteiger partial charge in [-0.05, 0) is 25.5 Å². The topological polar surface area (TPSA) is 55.8 Å². The molecule has 0 radical (unpaired) electrons. The van der Waals surface area contributed by atoms with Crippen LogP contribution in [0.25, 0.3) is 6.08 Å². The summed E-state index contributed by atoms with van der Waals surface area (Å²) in [5, 5.41) is 0. The standard InChI is InChI=1S/C17H19NO4S2/c1-11-4-6-13(7-5-11)10-14-15(19)18(17(23)24-14)12(2)16(20)22-9-8-21-3/h4-7,10,12H,8-9H2,1-3H3/b14-10-. The van der Waals surface area contributed by atoms with Crippen LogP contribution in [-0.2, 0) is 19.1 Å². The highest BCUT2D eigenvalue weighted by Gasteiger charge is 2.38. The van der Waals surface area contributed by atoms with Crippen molar-refractivity contribution in [3.8, 4) is 0 Å². The van der Waals surface area contributed by atoms with E-state index in [9.17, 15) is 9.59 Å². The van der Waals surface area contributed by atoms with E-state index in [2.05, 4.69) is 0 Å². The maximum atomic E-state index is 12.6. The second-order valence-corrected chi connectivity index (χ2v) is 6.97. The third-order valence-corrected chi connectivity index (χ3v) is 4.79. The van der Waals surface area contributed by atoms with Gasteiger partial charge >= 0.3 is 5.97 Å². The summed E-state index contributed by atoms with van der Waals surface area (Å²) in [6.07, 6.45) is 1.78. The van der Waals surface area contributed by atoms with Crippen molar-refractivity contribution in [3.63, 3.8) is 0 Å². The summed E-state index contributed by atoms with van der Waals surface area (Å²) >= 11 is 6.45. The number of rotatable bonds is 6. The first kappa shape index (κ1) is 18.6. The Kier molecular flexibility index (Phi) is 6.53. The van der Waals surface area contributed by atoms with Crippen LogP contribution < -0.4 is 0 Å². The van der Waals surface area contributed by atoms with Crippen LogP contribution in [0.15, 0.2) is 29.2 Å². The molecule has 7 heteroatoms. The molecule has 1 fully saturated rings. The molecule has 1 aliphatic heterocycles. The number of carbonyl (C=O) groups is 2. The minimum Gasteiger partial charge on any atom is -0.462 e. The molecule has 0 N–H and O–H groups in total. The number of thiocarbonyl (C=S) groups is 1.